The summed E-state index contributed by atoms with van der Waals surface area (Å²) in [6.07, 6.45) is 1.38. The van der Waals surface area contributed by atoms with Crippen molar-refractivity contribution in [1.82, 2.24) is 0 Å². The van der Waals surface area contributed by atoms with Crippen LogP contribution in [0.3, 0.4) is 0 Å². The van der Waals surface area contributed by atoms with Crippen molar-refractivity contribution < 1.29 is 9.21 Å². The minimum Gasteiger partial charge on any atom is -0.457 e. The number of benzene rings is 2. The van der Waals surface area contributed by atoms with E-state index in [1.54, 1.807) is 36.4 Å². The molecule has 1 N–H and O–H groups in total. The number of aryl methyl sites for hydroxylation is 1. The summed E-state index contributed by atoms with van der Waals surface area (Å²) in [4.78, 5) is 12.4. The van der Waals surface area contributed by atoms with Gasteiger partial charge < -0.3 is 9.73 Å². The third kappa shape index (κ3) is 4.22. The SMILES string of the molecule is Cc1ccccc1NC(=O)/C(C#N)=C/c1ccc(-c2c(Cl)cccc2Cl)o1. The van der Waals surface area contributed by atoms with Crippen LogP contribution in [0.2, 0.25) is 10.0 Å². The molecule has 0 aliphatic carbocycles. The molecule has 0 bridgehead atoms. The van der Waals surface area contributed by atoms with Crippen LogP contribution in [0.25, 0.3) is 17.4 Å². The highest BCUT2D eigenvalue weighted by atomic mass is 35.5. The first-order valence-electron chi connectivity index (χ1n) is 8.02. The molecule has 0 unspecified atom stereocenters. The highest BCUT2D eigenvalue weighted by Gasteiger charge is 2.14. The van der Waals surface area contributed by atoms with Crippen LogP contribution >= 0.6 is 23.2 Å². The van der Waals surface area contributed by atoms with Gasteiger partial charge in [-0.05, 0) is 42.8 Å². The average Bonchev–Trinajstić information content (AvgIpc) is 3.09. The van der Waals surface area contributed by atoms with Crippen LogP contribution in [0.15, 0.2) is 64.6 Å². The quantitative estimate of drug-likeness (QED) is 0.427. The van der Waals surface area contributed by atoms with Gasteiger partial charge in [-0.25, -0.2) is 0 Å². The molecule has 1 heterocycles. The first-order chi connectivity index (χ1) is 13.0. The number of halogens is 2. The van der Waals surface area contributed by atoms with Crippen LogP contribution in [0.4, 0.5) is 5.69 Å². The van der Waals surface area contributed by atoms with Gasteiger partial charge in [-0.1, -0.05) is 47.5 Å². The number of furan rings is 1. The van der Waals surface area contributed by atoms with Crippen molar-refractivity contribution in [3.63, 3.8) is 0 Å². The minimum atomic E-state index is -0.513. The smallest absolute Gasteiger partial charge is 0.266 e. The number of nitrogens with one attached hydrogen (secondary N) is 1. The van der Waals surface area contributed by atoms with E-state index in [9.17, 15) is 10.1 Å². The second kappa shape index (κ2) is 8.13. The summed E-state index contributed by atoms with van der Waals surface area (Å²) in [5, 5.41) is 13.0. The topological polar surface area (TPSA) is 66.0 Å². The molecule has 0 aliphatic rings. The van der Waals surface area contributed by atoms with Crippen LogP contribution in [-0.2, 0) is 4.79 Å². The molecule has 27 heavy (non-hydrogen) atoms. The van der Waals surface area contributed by atoms with Crippen molar-refractivity contribution in [2.24, 2.45) is 0 Å². The molecule has 3 rings (SSSR count). The van der Waals surface area contributed by atoms with E-state index < -0.39 is 5.91 Å². The molecule has 0 saturated heterocycles. The van der Waals surface area contributed by atoms with Gasteiger partial charge in [-0.3, -0.25) is 4.79 Å². The Hall–Kier alpha value is -3.00. The van der Waals surface area contributed by atoms with Gasteiger partial charge in [0.25, 0.3) is 5.91 Å². The first-order valence-corrected chi connectivity index (χ1v) is 8.78. The molecule has 0 aliphatic heterocycles. The predicted octanol–water partition coefficient (Wildman–Crippen LogP) is 6.11. The number of rotatable bonds is 4. The van der Waals surface area contributed by atoms with Gasteiger partial charge in [0.2, 0.25) is 0 Å². The number of carbonyl (C=O) groups is 1. The molecular weight excluding hydrogens is 383 g/mol. The summed E-state index contributed by atoms with van der Waals surface area (Å²) in [5.41, 5.74) is 2.02. The fourth-order valence-corrected chi connectivity index (χ4v) is 3.08. The van der Waals surface area contributed by atoms with Crippen molar-refractivity contribution in [1.29, 1.82) is 5.26 Å². The Bertz CT molecular complexity index is 1060. The largest absolute Gasteiger partial charge is 0.457 e. The highest BCUT2D eigenvalue weighted by molar-refractivity contribution is 6.39. The third-order valence-electron chi connectivity index (χ3n) is 3.88. The van der Waals surface area contributed by atoms with Crippen molar-refractivity contribution >= 4 is 40.9 Å². The molecular formula is C21H14Cl2N2O2. The Labute approximate surface area is 166 Å². The molecule has 1 amide bonds. The van der Waals surface area contributed by atoms with Crippen LogP contribution in [0.1, 0.15) is 11.3 Å². The first kappa shape index (κ1) is 18.8. The second-order valence-electron chi connectivity index (χ2n) is 5.74. The molecule has 4 nitrogen and oxygen atoms in total. The Balaban J connectivity index is 1.87. The van der Waals surface area contributed by atoms with Gasteiger partial charge in [0.1, 0.15) is 23.2 Å². The zero-order valence-corrected chi connectivity index (χ0v) is 15.8. The van der Waals surface area contributed by atoms with E-state index in [0.29, 0.717) is 32.8 Å². The lowest BCUT2D eigenvalue weighted by molar-refractivity contribution is -0.112. The lowest BCUT2D eigenvalue weighted by Crippen LogP contribution is -2.14. The van der Waals surface area contributed by atoms with Gasteiger partial charge in [0.15, 0.2) is 0 Å². The highest BCUT2D eigenvalue weighted by Crippen LogP contribution is 2.35. The molecule has 3 aromatic rings. The van der Waals surface area contributed by atoms with Crippen molar-refractivity contribution in [3.05, 3.63) is 81.5 Å². The lowest BCUT2D eigenvalue weighted by atomic mass is 10.1. The number of anilines is 1. The number of hydrogen-bond acceptors (Lipinski definition) is 3. The summed E-state index contributed by atoms with van der Waals surface area (Å²) in [5.74, 6) is 0.284. The third-order valence-corrected chi connectivity index (χ3v) is 4.51. The van der Waals surface area contributed by atoms with E-state index >= 15 is 0 Å². The normalized spacial score (nSPS) is 11.1. The van der Waals surface area contributed by atoms with Crippen LogP contribution in [-0.4, -0.2) is 5.91 Å². The number of para-hydroxylation sites is 1. The van der Waals surface area contributed by atoms with Gasteiger partial charge in [-0.15, -0.1) is 0 Å². The number of amides is 1. The van der Waals surface area contributed by atoms with Crippen LogP contribution in [0.5, 0.6) is 0 Å². The number of nitrogens with zero attached hydrogens (tertiary/aromatic N) is 1. The van der Waals surface area contributed by atoms with E-state index in [1.165, 1.54) is 6.08 Å². The minimum absolute atomic E-state index is 0.0793. The maximum Gasteiger partial charge on any atom is 0.266 e. The summed E-state index contributed by atoms with van der Waals surface area (Å²) < 4.78 is 5.71. The molecule has 2 aromatic carbocycles. The summed E-state index contributed by atoms with van der Waals surface area (Å²) in [7, 11) is 0. The molecule has 0 fully saturated rings. The van der Waals surface area contributed by atoms with Crippen molar-refractivity contribution in [2.75, 3.05) is 5.32 Å². The Morgan fingerprint density at radius 2 is 1.78 bits per heavy atom. The maximum absolute atomic E-state index is 12.4. The van der Waals surface area contributed by atoms with E-state index in [4.69, 9.17) is 27.6 Å². The second-order valence-corrected chi connectivity index (χ2v) is 6.55. The molecule has 0 atom stereocenters. The van der Waals surface area contributed by atoms with Gasteiger partial charge >= 0.3 is 0 Å². The molecule has 6 heteroatoms. The van der Waals surface area contributed by atoms with E-state index in [-0.39, 0.29) is 5.57 Å². The zero-order chi connectivity index (χ0) is 19.4. The maximum atomic E-state index is 12.4. The van der Waals surface area contributed by atoms with E-state index in [2.05, 4.69) is 5.32 Å². The Morgan fingerprint density at radius 3 is 2.44 bits per heavy atom. The lowest BCUT2D eigenvalue weighted by Gasteiger charge is -2.06. The monoisotopic (exact) mass is 396 g/mol. The van der Waals surface area contributed by atoms with Gasteiger partial charge in [-0.2, -0.15) is 5.26 Å². The summed E-state index contributed by atoms with van der Waals surface area (Å²) in [6.45, 7) is 1.87. The van der Waals surface area contributed by atoms with Crippen molar-refractivity contribution in [3.8, 4) is 17.4 Å². The Morgan fingerprint density at radius 1 is 1.07 bits per heavy atom. The molecule has 1 aromatic heterocycles. The molecule has 0 saturated carbocycles. The fourth-order valence-electron chi connectivity index (χ4n) is 2.49. The number of carbonyl (C=O) groups excluding carboxylic acids is 1. The number of hydrogen-bond donors (Lipinski definition) is 1. The number of nitriles is 1. The predicted molar refractivity (Wildman–Crippen MR) is 108 cm³/mol. The molecule has 0 spiro atoms. The summed E-state index contributed by atoms with van der Waals surface area (Å²) >= 11 is 12.4. The van der Waals surface area contributed by atoms with E-state index in [1.807, 2.05) is 31.2 Å². The Kier molecular flexibility index (Phi) is 5.66. The van der Waals surface area contributed by atoms with Gasteiger partial charge in [0, 0.05) is 11.8 Å². The van der Waals surface area contributed by atoms with Crippen LogP contribution < -0.4 is 5.32 Å². The molecule has 0 radical (unpaired) electrons. The van der Waals surface area contributed by atoms with E-state index in [0.717, 1.165) is 5.56 Å². The molecule has 134 valence electrons. The standard InChI is InChI=1S/C21H14Cl2N2O2/c1-13-5-2-3-8-18(13)25-21(26)14(12-24)11-15-9-10-19(27-15)20-16(22)6-4-7-17(20)23/h2-11H,1H3,(H,25,26)/b14-11+. The summed E-state index contributed by atoms with van der Waals surface area (Å²) in [6, 6.07) is 17.7. The average molecular weight is 397 g/mol. The van der Waals surface area contributed by atoms with Gasteiger partial charge in [0.05, 0.1) is 15.6 Å². The van der Waals surface area contributed by atoms with Crippen molar-refractivity contribution in [2.45, 2.75) is 6.92 Å². The zero-order valence-electron chi connectivity index (χ0n) is 14.3. The fraction of sp³-hybridized carbons (Fsp3) is 0.0476. The van der Waals surface area contributed by atoms with Crippen LogP contribution in [0, 0.1) is 18.3 Å².